The standard InChI is InChI=1S/C42H43BrN4/c1-45(2)21-20-39(38-19-11-17-33-16-9-10-18-37(33)38)40-29-36(43)28-34-27-35(26-31-12-5-3-6-13-31)42(44-41(34)40)47-24-22-46(23-25-47)30-32-14-7-4-8-15-32/h3-19,27-29,39H,20-26,30H2,1-2H3. The monoisotopic (exact) mass is 682 g/mol. The quantitative estimate of drug-likeness (QED) is 0.144. The fraction of sp³-hybridized carbons (Fsp3) is 0.262. The van der Waals surface area contributed by atoms with Gasteiger partial charge in [0.1, 0.15) is 5.82 Å². The first-order valence-electron chi connectivity index (χ1n) is 16.8. The molecule has 1 aliphatic rings. The van der Waals surface area contributed by atoms with Gasteiger partial charge in [0.05, 0.1) is 5.52 Å². The average Bonchev–Trinajstić information content (AvgIpc) is 3.09. The molecule has 6 aromatic rings. The smallest absolute Gasteiger partial charge is 0.132 e. The third-order valence-corrected chi connectivity index (χ3v) is 10.0. The Morgan fingerprint density at radius 2 is 1.38 bits per heavy atom. The highest BCUT2D eigenvalue weighted by atomic mass is 79.9. The van der Waals surface area contributed by atoms with E-state index in [-0.39, 0.29) is 5.92 Å². The summed E-state index contributed by atoms with van der Waals surface area (Å²) in [5.74, 6) is 1.33. The lowest BCUT2D eigenvalue weighted by atomic mass is 9.84. The van der Waals surface area contributed by atoms with E-state index in [9.17, 15) is 0 Å². The number of halogens is 1. The Kier molecular flexibility index (Phi) is 9.66. The fourth-order valence-electron chi connectivity index (χ4n) is 7.18. The SMILES string of the molecule is CN(C)CCC(c1cccc2ccccc12)c1cc(Br)cc2cc(Cc3ccccc3)c(N3CCN(Cc4ccccc4)CC3)nc12. The number of rotatable bonds is 10. The average molecular weight is 684 g/mol. The summed E-state index contributed by atoms with van der Waals surface area (Å²) < 4.78 is 1.10. The molecule has 0 N–H and O–H groups in total. The van der Waals surface area contributed by atoms with Crippen molar-refractivity contribution in [3.63, 3.8) is 0 Å². The number of fused-ring (bicyclic) bond motifs is 2. The van der Waals surface area contributed by atoms with Crippen LogP contribution in [0.3, 0.4) is 0 Å². The Labute approximate surface area is 287 Å². The minimum atomic E-state index is 0.201. The third-order valence-electron chi connectivity index (χ3n) is 9.57. The van der Waals surface area contributed by atoms with Crippen molar-refractivity contribution in [1.29, 1.82) is 0 Å². The van der Waals surface area contributed by atoms with Crippen LogP contribution in [0.15, 0.2) is 126 Å². The van der Waals surface area contributed by atoms with Crippen LogP contribution in [0.5, 0.6) is 0 Å². The highest BCUT2D eigenvalue weighted by Gasteiger charge is 2.25. The lowest BCUT2D eigenvalue weighted by Crippen LogP contribution is -2.46. The predicted octanol–water partition coefficient (Wildman–Crippen LogP) is 9.15. The van der Waals surface area contributed by atoms with Crippen molar-refractivity contribution in [1.82, 2.24) is 14.8 Å². The molecule has 47 heavy (non-hydrogen) atoms. The summed E-state index contributed by atoms with van der Waals surface area (Å²) in [6, 6.07) is 44.3. The maximum atomic E-state index is 5.67. The molecule has 0 radical (unpaired) electrons. The van der Waals surface area contributed by atoms with Crippen molar-refractivity contribution in [3.8, 4) is 0 Å². The Morgan fingerprint density at radius 1 is 0.702 bits per heavy atom. The van der Waals surface area contributed by atoms with Crippen LogP contribution >= 0.6 is 15.9 Å². The van der Waals surface area contributed by atoms with Crippen LogP contribution in [0, 0.1) is 0 Å². The van der Waals surface area contributed by atoms with Gasteiger partial charge in [-0.2, -0.15) is 0 Å². The second-order valence-electron chi connectivity index (χ2n) is 13.2. The van der Waals surface area contributed by atoms with E-state index in [1.165, 1.54) is 44.0 Å². The second kappa shape index (κ2) is 14.4. The molecule has 1 saturated heterocycles. The molecule has 7 rings (SSSR count). The van der Waals surface area contributed by atoms with Crippen LogP contribution < -0.4 is 4.90 Å². The van der Waals surface area contributed by atoms with Crippen LogP contribution in [-0.2, 0) is 13.0 Å². The number of aromatic nitrogens is 1. The minimum absolute atomic E-state index is 0.201. The summed E-state index contributed by atoms with van der Waals surface area (Å²) in [6.45, 7) is 5.96. The zero-order valence-electron chi connectivity index (χ0n) is 27.4. The van der Waals surface area contributed by atoms with Crippen LogP contribution in [-0.4, -0.2) is 61.6 Å². The summed E-state index contributed by atoms with van der Waals surface area (Å²) in [5, 5.41) is 3.80. The molecule has 238 valence electrons. The van der Waals surface area contributed by atoms with E-state index in [0.29, 0.717) is 0 Å². The van der Waals surface area contributed by atoms with Gasteiger partial charge in [-0.15, -0.1) is 0 Å². The zero-order chi connectivity index (χ0) is 32.2. The molecule has 1 aliphatic heterocycles. The summed E-state index contributed by atoms with van der Waals surface area (Å²) in [7, 11) is 4.34. The molecule has 1 fully saturated rings. The molecule has 4 nitrogen and oxygen atoms in total. The van der Waals surface area contributed by atoms with Crippen molar-refractivity contribution >= 4 is 43.4 Å². The van der Waals surface area contributed by atoms with E-state index < -0.39 is 0 Å². The van der Waals surface area contributed by atoms with Crippen LogP contribution in [0.1, 0.15) is 40.2 Å². The van der Waals surface area contributed by atoms with Crippen molar-refractivity contribution in [3.05, 3.63) is 154 Å². The molecule has 5 heteroatoms. The van der Waals surface area contributed by atoms with Crippen molar-refractivity contribution in [2.24, 2.45) is 0 Å². The van der Waals surface area contributed by atoms with Gasteiger partial charge in [-0.05, 0) is 83.8 Å². The van der Waals surface area contributed by atoms with Gasteiger partial charge in [0.2, 0.25) is 0 Å². The molecule has 0 saturated carbocycles. The molecular formula is C42H43BrN4. The van der Waals surface area contributed by atoms with Crippen LogP contribution in [0.4, 0.5) is 5.82 Å². The number of piperazine rings is 1. The van der Waals surface area contributed by atoms with E-state index in [1.54, 1.807) is 0 Å². The van der Waals surface area contributed by atoms with Gasteiger partial charge in [0.25, 0.3) is 0 Å². The molecule has 0 spiro atoms. The predicted molar refractivity (Wildman–Crippen MR) is 202 cm³/mol. The molecule has 0 amide bonds. The summed E-state index contributed by atoms with van der Waals surface area (Å²) in [5.41, 5.74) is 7.76. The van der Waals surface area contributed by atoms with Gasteiger partial charge in [0.15, 0.2) is 0 Å². The first-order valence-corrected chi connectivity index (χ1v) is 17.6. The lowest BCUT2D eigenvalue weighted by Gasteiger charge is -2.36. The topological polar surface area (TPSA) is 22.6 Å². The van der Waals surface area contributed by atoms with E-state index in [1.807, 2.05) is 0 Å². The third kappa shape index (κ3) is 7.28. The van der Waals surface area contributed by atoms with Crippen LogP contribution in [0.2, 0.25) is 0 Å². The zero-order valence-corrected chi connectivity index (χ0v) is 29.0. The van der Waals surface area contributed by atoms with Gasteiger partial charge < -0.3 is 9.80 Å². The Balaban J connectivity index is 1.32. The first-order chi connectivity index (χ1) is 23.0. The fourth-order valence-corrected chi connectivity index (χ4v) is 7.67. The van der Waals surface area contributed by atoms with Gasteiger partial charge in [-0.1, -0.05) is 119 Å². The number of benzene rings is 5. The first kappa shape index (κ1) is 31.6. The number of anilines is 1. The van der Waals surface area contributed by atoms with E-state index in [4.69, 9.17) is 4.98 Å². The maximum Gasteiger partial charge on any atom is 0.132 e. The lowest BCUT2D eigenvalue weighted by molar-refractivity contribution is 0.249. The van der Waals surface area contributed by atoms with Gasteiger partial charge in [-0.25, -0.2) is 4.98 Å². The van der Waals surface area contributed by atoms with Crippen molar-refractivity contribution in [2.45, 2.75) is 25.3 Å². The molecule has 0 bridgehead atoms. The van der Waals surface area contributed by atoms with Crippen molar-refractivity contribution < 1.29 is 0 Å². The van der Waals surface area contributed by atoms with Gasteiger partial charge in [0, 0.05) is 54.9 Å². The molecule has 0 aliphatic carbocycles. The normalized spacial score (nSPS) is 14.7. The van der Waals surface area contributed by atoms with E-state index in [2.05, 4.69) is 166 Å². The second-order valence-corrected chi connectivity index (χ2v) is 14.1. The molecular weight excluding hydrogens is 640 g/mol. The van der Waals surface area contributed by atoms with Gasteiger partial charge in [-0.3, -0.25) is 4.90 Å². The largest absolute Gasteiger partial charge is 0.354 e. The van der Waals surface area contributed by atoms with Crippen molar-refractivity contribution in [2.75, 3.05) is 51.7 Å². The van der Waals surface area contributed by atoms with Crippen LogP contribution in [0.25, 0.3) is 21.7 Å². The highest BCUT2D eigenvalue weighted by Crippen LogP contribution is 2.40. The number of hydrogen-bond donors (Lipinski definition) is 0. The number of nitrogens with zero attached hydrogens (tertiary/aromatic N) is 4. The molecule has 2 heterocycles. The summed E-state index contributed by atoms with van der Waals surface area (Å²) in [4.78, 5) is 13.1. The summed E-state index contributed by atoms with van der Waals surface area (Å²) in [6.07, 6.45) is 1.87. The maximum absolute atomic E-state index is 5.67. The molecule has 1 atom stereocenters. The molecule has 5 aromatic carbocycles. The Morgan fingerprint density at radius 3 is 2.13 bits per heavy atom. The Hall–Kier alpha value is -4.03. The molecule has 1 unspecified atom stereocenters. The van der Waals surface area contributed by atoms with Gasteiger partial charge >= 0.3 is 0 Å². The van der Waals surface area contributed by atoms with E-state index >= 15 is 0 Å². The molecule has 1 aromatic heterocycles. The highest BCUT2D eigenvalue weighted by molar-refractivity contribution is 9.10. The number of pyridine rings is 1. The Bertz CT molecular complexity index is 1940. The summed E-state index contributed by atoms with van der Waals surface area (Å²) >= 11 is 3.92. The number of hydrogen-bond acceptors (Lipinski definition) is 4. The minimum Gasteiger partial charge on any atom is -0.354 e. The van der Waals surface area contributed by atoms with E-state index in [0.717, 1.165) is 67.9 Å².